The molecule has 0 aliphatic carbocycles. The first-order valence-corrected chi connectivity index (χ1v) is 3.98. The van der Waals surface area contributed by atoms with Gasteiger partial charge in [-0.1, -0.05) is 12.1 Å². The molecule has 0 bridgehead atoms. The third-order valence-corrected chi connectivity index (χ3v) is 1.93. The second kappa shape index (κ2) is 3.12. The number of rotatable bonds is 1. The Kier molecular flexibility index (Phi) is 1.96. The highest BCUT2D eigenvalue weighted by atomic mass is 16.5. The Morgan fingerprint density at radius 3 is 2.77 bits per heavy atom. The van der Waals surface area contributed by atoms with Crippen molar-refractivity contribution in [1.29, 1.82) is 0 Å². The standard InChI is InChI=1S/C10H9NO2/c12-10(13)8-3-4-9-7(6-8)2-1-5-11-9/h1-6,10,12-13H. The monoisotopic (exact) mass is 175 g/mol. The van der Waals surface area contributed by atoms with Crippen molar-refractivity contribution in [2.24, 2.45) is 0 Å². The maximum absolute atomic E-state index is 8.92. The molecular formula is C10H9NO2. The minimum Gasteiger partial charge on any atom is -0.364 e. The number of nitrogens with zero attached hydrogens (tertiary/aromatic N) is 1. The van der Waals surface area contributed by atoms with Crippen molar-refractivity contribution < 1.29 is 10.2 Å². The molecule has 13 heavy (non-hydrogen) atoms. The minimum atomic E-state index is -1.41. The Morgan fingerprint density at radius 2 is 2.00 bits per heavy atom. The first-order valence-electron chi connectivity index (χ1n) is 3.98. The average molecular weight is 175 g/mol. The molecule has 0 saturated carbocycles. The van der Waals surface area contributed by atoms with E-state index >= 15 is 0 Å². The van der Waals surface area contributed by atoms with Gasteiger partial charge in [-0.2, -0.15) is 0 Å². The van der Waals surface area contributed by atoms with Crippen molar-refractivity contribution in [2.75, 3.05) is 0 Å². The lowest BCUT2D eigenvalue weighted by Crippen LogP contribution is -1.94. The molecule has 1 heterocycles. The van der Waals surface area contributed by atoms with Crippen LogP contribution >= 0.6 is 0 Å². The summed E-state index contributed by atoms with van der Waals surface area (Å²) in [6, 6.07) is 8.83. The summed E-state index contributed by atoms with van der Waals surface area (Å²) in [4.78, 5) is 4.12. The molecule has 0 aliphatic rings. The number of aliphatic hydroxyl groups is 2. The van der Waals surface area contributed by atoms with Crippen LogP contribution in [-0.2, 0) is 0 Å². The van der Waals surface area contributed by atoms with Crippen molar-refractivity contribution in [3.8, 4) is 0 Å². The maximum atomic E-state index is 8.92. The van der Waals surface area contributed by atoms with Crippen LogP contribution in [0.2, 0.25) is 0 Å². The Bertz CT molecular complexity index is 426. The summed E-state index contributed by atoms with van der Waals surface area (Å²) >= 11 is 0. The third-order valence-electron chi connectivity index (χ3n) is 1.93. The fourth-order valence-corrected chi connectivity index (χ4v) is 1.25. The quantitative estimate of drug-likeness (QED) is 0.641. The van der Waals surface area contributed by atoms with E-state index in [9.17, 15) is 0 Å². The number of hydrogen-bond acceptors (Lipinski definition) is 3. The number of hydrogen-bond donors (Lipinski definition) is 2. The highest BCUT2D eigenvalue weighted by molar-refractivity contribution is 5.78. The fraction of sp³-hybridized carbons (Fsp3) is 0.100. The molecule has 0 unspecified atom stereocenters. The zero-order valence-electron chi connectivity index (χ0n) is 6.88. The van der Waals surface area contributed by atoms with E-state index in [2.05, 4.69) is 4.98 Å². The Morgan fingerprint density at radius 1 is 1.15 bits per heavy atom. The molecule has 66 valence electrons. The lowest BCUT2D eigenvalue weighted by Gasteiger charge is -2.04. The van der Waals surface area contributed by atoms with Gasteiger partial charge in [0.15, 0.2) is 6.29 Å². The SMILES string of the molecule is OC(O)c1ccc2ncccc2c1. The van der Waals surface area contributed by atoms with E-state index in [1.165, 1.54) is 0 Å². The van der Waals surface area contributed by atoms with Gasteiger partial charge in [0.1, 0.15) is 0 Å². The maximum Gasteiger partial charge on any atom is 0.178 e. The van der Waals surface area contributed by atoms with Crippen LogP contribution in [0.4, 0.5) is 0 Å². The van der Waals surface area contributed by atoms with Crippen LogP contribution < -0.4 is 0 Å². The second-order valence-corrected chi connectivity index (χ2v) is 2.83. The normalized spacial score (nSPS) is 11.0. The highest BCUT2D eigenvalue weighted by Gasteiger charge is 2.02. The molecule has 2 rings (SSSR count). The lowest BCUT2D eigenvalue weighted by atomic mass is 10.1. The van der Waals surface area contributed by atoms with Crippen molar-refractivity contribution in [2.45, 2.75) is 6.29 Å². The van der Waals surface area contributed by atoms with Crippen LogP contribution in [0.25, 0.3) is 10.9 Å². The molecule has 3 heteroatoms. The smallest absolute Gasteiger partial charge is 0.178 e. The van der Waals surface area contributed by atoms with Gasteiger partial charge in [-0.3, -0.25) is 4.98 Å². The van der Waals surface area contributed by atoms with Gasteiger partial charge in [-0.15, -0.1) is 0 Å². The van der Waals surface area contributed by atoms with Gasteiger partial charge in [-0.05, 0) is 18.2 Å². The molecule has 0 spiro atoms. The first-order chi connectivity index (χ1) is 6.27. The highest BCUT2D eigenvalue weighted by Crippen LogP contribution is 2.16. The van der Waals surface area contributed by atoms with E-state index in [-0.39, 0.29) is 0 Å². The molecule has 3 nitrogen and oxygen atoms in total. The average Bonchev–Trinajstić information content (AvgIpc) is 2.17. The summed E-state index contributed by atoms with van der Waals surface area (Å²) in [5.74, 6) is 0. The van der Waals surface area contributed by atoms with Gasteiger partial charge >= 0.3 is 0 Å². The van der Waals surface area contributed by atoms with Crippen LogP contribution in [0.1, 0.15) is 11.9 Å². The van der Waals surface area contributed by atoms with Crippen LogP contribution in [0, 0.1) is 0 Å². The molecule has 0 fully saturated rings. The molecule has 1 aromatic carbocycles. The summed E-state index contributed by atoms with van der Waals surface area (Å²) in [5, 5.41) is 18.7. The molecule has 1 aromatic heterocycles. The van der Waals surface area contributed by atoms with Crippen LogP contribution in [0.15, 0.2) is 36.5 Å². The fourth-order valence-electron chi connectivity index (χ4n) is 1.25. The van der Waals surface area contributed by atoms with Gasteiger partial charge < -0.3 is 10.2 Å². The van der Waals surface area contributed by atoms with E-state index in [0.29, 0.717) is 5.56 Å². The predicted molar refractivity (Wildman–Crippen MR) is 48.9 cm³/mol. The summed E-state index contributed by atoms with van der Waals surface area (Å²) in [5.41, 5.74) is 1.34. The number of fused-ring (bicyclic) bond motifs is 1. The second-order valence-electron chi connectivity index (χ2n) is 2.83. The van der Waals surface area contributed by atoms with Crippen molar-refractivity contribution in [3.05, 3.63) is 42.1 Å². The summed E-state index contributed by atoms with van der Waals surface area (Å²) in [6.45, 7) is 0. The molecule has 0 aliphatic heterocycles. The van der Waals surface area contributed by atoms with E-state index in [1.54, 1.807) is 24.4 Å². The minimum absolute atomic E-state index is 0.487. The van der Waals surface area contributed by atoms with Gasteiger partial charge in [0.25, 0.3) is 0 Å². The Labute approximate surface area is 75.3 Å². The molecule has 0 atom stereocenters. The number of pyridine rings is 1. The summed E-state index contributed by atoms with van der Waals surface area (Å²) in [6.07, 6.45) is 0.293. The van der Waals surface area contributed by atoms with E-state index in [1.807, 2.05) is 12.1 Å². The lowest BCUT2D eigenvalue weighted by molar-refractivity contribution is -0.0423. The zero-order chi connectivity index (χ0) is 9.26. The third kappa shape index (κ3) is 1.52. The van der Waals surface area contributed by atoms with Crippen molar-refractivity contribution >= 4 is 10.9 Å². The van der Waals surface area contributed by atoms with E-state index in [0.717, 1.165) is 10.9 Å². The Balaban J connectivity index is 2.62. The molecule has 0 saturated heterocycles. The number of benzene rings is 1. The van der Waals surface area contributed by atoms with E-state index in [4.69, 9.17) is 10.2 Å². The van der Waals surface area contributed by atoms with Gasteiger partial charge in [0, 0.05) is 17.1 Å². The van der Waals surface area contributed by atoms with Crippen LogP contribution in [-0.4, -0.2) is 15.2 Å². The zero-order valence-corrected chi connectivity index (χ0v) is 6.88. The van der Waals surface area contributed by atoms with Gasteiger partial charge in [-0.25, -0.2) is 0 Å². The molecule has 2 N–H and O–H groups in total. The van der Waals surface area contributed by atoms with Crippen molar-refractivity contribution in [1.82, 2.24) is 4.98 Å². The van der Waals surface area contributed by atoms with Crippen LogP contribution in [0.3, 0.4) is 0 Å². The number of aliphatic hydroxyl groups excluding tert-OH is 1. The van der Waals surface area contributed by atoms with Gasteiger partial charge in [0.2, 0.25) is 0 Å². The van der Waals surface area contributed by atoms with Crippen LogP contribution in [0.5, 0.6) is 0 Å². The largest absolute Gasteiger partial charge is 0.364 e. The van der Waals surface area contributed by atoms with E-state index < -0.39 is 6.29 Å². The van der Waals surface area contributed by atoms with Gasteiger partial charge in [0.05, 0.1) is 5.52 Å². The molecule has 0 amide bonds. The molecule has 2 aromatic rings. The summed E-state index contributed by atoms with van der Waals surface area (Å²) in [7, 11) is 0. The molecular weight excluding hydrogens is 166 g/mol. The topological polar surface area (TPSA) is 53.4 Å². The Hall–Kier alpha value is -1.45. The van der Waals surface area contributed by atoms with Crippen molar-refractivity contribution in [3.63, 3.8) is 0 Å². The number of aromatic nitrogens is 1. The summed E-state index contributed by atoms with van der Waals surface area (Å²) < 4.78 is 0. The molecule has 0 radical (unpaired) electrons. The first kappa shape index (κ1) is 8.16. The predicted octanol–water partition coefficient (Wildman–Crippen LogP) is 1.22.